The van der Waals surface area contributed by atoms with Crippen LogP contribution in [0.1, 0.15) is 10.4 Å². The molecule has 5 nitrogen and oxygen atoms in total. The fourth-order valence-electron chi connectivity index (χ4n) is 1.54. The first-order chi connectivity index (χ1) is 9.06. The second kappa shape index (κ2) is 5.26. The van der Waals surface area contributed by atoms with Crippen molar-refractivity contribution in [1.29, 1.82) is 0 Å². The highest BCUT2D eigenvalue weighted by atomic mass is 19.1. The second-order valence-corrected chi connectivity index (χ2v) is 3.78. The summed E-state index contributed by atoms with van der Waals surface area (Å²) in [5, 5.41) is 13.0. The molecule has 2 rings (SSSR count). The molecule has 0 spiro atoms. The van der Waals surface area contributed by atoms with Gasteiger partial charge in [-0.1, -0.05) is 18.2 Å². The zero-order chi connectivity index (χ0) is 13.8. The van der Waals surface area contributed by atoms with Crippen LogP contribution in [0.15, 0.2) is 48.5 Å². The number of carbonyl (C=O) groups is 1. The molecule has 0 aliphatic rings. The number of nitro groups is 1. The van der Waals surface area contributed by atoms with E-state index in [1.54, 1.807) is 30.3 Å². The molecule has 0 saturated carbocycles. The maximum atomic E-state index is 13.2. The van der Waals surface area contributed by atoms with Crippen LogP contribution in [0.5, 0.6) is 0 Å². The third-order valence-electron chi connectivity index (χ3n) is 2.39. The summed E-state index contributed by atoms with van der Waals surface area (Å²) in [6.45, 7) is 0. The van der Waals surface area contributed by atoms with E-state index in [1.165, 1.54) is 0 Å². The number of nitrogens with zero attached hydrogens (tertiary/aromatic N) is 1. The summed E-state index contributed by atoms with van der Waals surface area (Å²) < 4.78 is 13.2. The Balaban J connectivity index is 2.24. The largest absolute Gasteiger partial charge is 0.322 e. The highest BCUT2D eigenvalue weighted by Crippen LogP contribution is 2.20. The molecule has 0 saturated heterocycles. The van der Waals surface area contributed by atoms with Crippen LogP contribution >= 0.6 is 0 Å². The molecule has 19 heavy (non-hydrogen) atoms. The van der Waals surface area contributed by atoms with Gasteiger partial charge in [-0.2, -0.15) is 0 Å². The Morgan fingerprint density at radius 2 is 1.84 bits per heavy atom. The van der Waals surface area contributed by atoms with Crippen molar-refractivity contribution in [2.75, 3.05) is 5.32 Å². The fraction of sp³-hybridized carbons (Fsp3) is 0. The summed E-state index contributed by atoms with van der Waals surface area (Å²) in [6, 6.07) is 11.2. The van der Waals surface area contributed by atoms with Gasteiger partial charge in [0, 0.05) is 11.6 Å². The number of rotatable bonds is 3. The van der Waals surface area contributed by atoms with Crippen molar-refractivity contribution in [2.24, 2.45) is 0 Å². The van der Waals surface area contributed by atoms with Gasteiger partial charge in [-0.3, -0.25) is 14.9 Å². The van der Waals surface area contributed by atoms with Crippen LogP contribution in [0.4, 0.5) is 15.8 Å². The normalized spacial score (nSPS) is 9.95. The molecule has 0 unspecified atom stereocenters. The van der Waals surface area contributed by atoms with Crippen molar-refractivity contribution in [2.45, 2.75) is 0 Å². The van der Waals surface area contributed by atoms with Gasteiger partial charge in [0.2, 0.25) is 0 Å². The molecule has 0 aliphatic heterocycles. The predicted molar refractivity (Wildman–Crippen MR) is 67.4 cm³/mol. The Hall–Kier alpha value is -2.76. The van der Waals surface area contributed by atoms with E-state index in [9.17, 15) is 19.3 Å². The standard InChI is InChI=1S/C13H9FN2O3/c14-10-6-11(8-12(7-10)16(18)19)15-13(17)9-4-2-1-3-5-9/h1-8H,(H,15,17). The number of hydrogen-bond donors (Lipinski definition) is 1. The zero-order valence-corrected chi connectivity index (χ0v) is 9.67. The molecule has 1 N–H and O–H groups in total. The summed E-state index contributed by atoms with van der Waals surface area (Å²) in [7, 11) is 0. The average molecular weight is 260 g/mol. The van der Waals surface area contributed by atoms with Crippen molar-refractivity contribution in [3.8, 4) is 0 Å². The minimum Gasteiger partial charge on any atom is -0.322 e. The average Bonchev–Trinajstić information content (AvgIpc) is 2.39. The quantitative estimate of drug-likeness (QED) is 0.681. The highest BCUT2D eigenvalue weighted by Gasteiger charge is 2.12. The molecular weight excluding hydrogens is 251 g/mol. The lowest BCUT2D eigenvalue weighted by molar-refractivity contribution is -0.385. The molecule has 96 valence electrons. The number of benzene rings is 2. The Kier molecular flexibility index (Phi) is 3.51. The smallest absolute Gasteiger partial charge is 0.274 e. The van der Waals surface area contributed by atoms with Gasteiger partial charge < -0.3 is 5.32 Å². The maximum Gasteiger partial charge on any atom is 0.274 e. The van der Waals surface area contributed by atoms with E-state index in [0.29, 0.717) is 5.56 Å². The molecule has 0 radical (unpaired) electrons. The third-order valence-corrected chi connectivity index (χ3v) is 2.39. The number of halogens is 1. The number of non-ortho nitro benzene ring substituents is 1. The third kappa shape index (κ3) is 3.12. The number of amides is 1. The van der Waals surface area contributed by atoms with Gasteiger partial charge in [0.15, 0.2) is 0 Å². The Morgan fingerprint density at radius 1 is 1.16 bits per heavy atom. The molecular formula is C13H9FN2O3. The van der Waals surface area contributed by atoms with Gasteiger partial charge in [0.25, 0.3) is 11.6 Å². The molecule has 0 aliphatic carbocycles. The predicted octanol–water partition coefficient (Wildman–Crippen LogP) is 2.99. The van der Waals surface area contributed by atoms with E-state index in [1.807, 2.05) is 0 Å². The Bertz CT molecular complexity index is 629. The molecule has 0 atom stereocenters. The van der Waals surface area contributed by atoms with Crippen molar-refractivity contribution in [1.82, 2.24) is 0 Å². The summed E-state index contributed by atoms with van der Waals surface area (Å²) in [6.07, 6.45) is 0. The van der Waals surface area contributed by atoms with Crippen LogP contribution in [-0.4, -0.2) is 10.8 Å². The molecule has 1 amide bonds. The lowest BCUT2D eigenvalue weighted by atomic mass is 10.2. The zero-order valence-electron chi connectivity index (χ0n) is 9.67. The summed E-state index contributed by atoms with van der Waals surface area (Å²) in [5.74, 6) is -1.24. The van der Waals surface area contributed by atoms with Gasteiger partial charge in [-0.25, -0.2) is 4.39 Å². The minimum absolute atomic E-state index is 0.0422. The number of nitro benzene ring substituents is 1. The van der Waals surface area contributed by atoms with E-state index < -0.39 is 22.3 Å². The van der Waals surface area contributed by atoms with E-state index in [-0.39, 0.29) is 5.69 Å². The number of hydrogen-bond acceptors (Lipinski definition) is 3. The first-order valence-corrected chi connectivity index (χ1v) is 5.37. The van der Waals surface area contributed by atoms with Crippen LogP contribution in [0, 0.1) is 15.9 Å². The first kappa shape index (κ1) is 12.7. The van der Waals surface area contributed by atoms with Crippen molar-refractivity contribution < 1.29 is 14.1 Å². The number of carbonyl (C=O) groups excluding carboxylic acids is 1. The Morgan fingerprint density at radius 3 is 2.47 bits per heavy atom. The molecule has 0 aromatic heterocycles. The lowest BCUT2D eigenvalue weighted by Crippen LogP contribution is -2.12. The van der Waals surface area contributed by atoms with Crippen LogP contribution in [0.2, 0.25) is 0 Å². The van der Waals surface area contributed by atoms with Crippen molar-refractivity contribution in [3.63, 3.8) is 0 Å². The van der Waals surface area contributed by atoms with Gasteiger partial charge in [0.1, 0.15) is 5.82 Å². The van der Waals surface area contributed by atoms with E-state index in [4.69, 9.17) is 0 Å². The van der Waals surface area contributed by atoms with Crippen LogP contribution < -0.4 is 5.32 Å². The molecule has 2 aromatic rings. The van der Waals surface area contributed by atoms with Crippen molar-refractivity contribution >= 4 is 17.3 Å². The molecule has 0 heterocycles. The summed E-state index contributed by atoms with van der Waals surface area (Å²) in [4.78, 5) is 21.7. The van der Waals surface area contributed by atoms with E-state index in [0.717, 1.165) is 18.2 Å². The monoisotopic (exact) mass is 260 g/mol. The molecule has 2 aromatic carbocycles. The minimum atomic E-state index is -0.780. The van der Waals surface area contributed by atoms with Crippen LogP contribution in [0.3, 0.4) is 0 Å². The highest BCUT2D eigenvalue weighted by molar-refractivity contribution is 6.04. The Labute approximate surface area is 107 Å². The fourth-order valence-corrected chi connectivity index (χ4v) is 1.54. The summed E-state index contributed by atoms with van der Waals surface area (Å²) in [5.41, 5.74) is 0.0123. The van der Waals surface area contributed by atoms with E-state index >= 15 is 0 Å². The topological polar surface area (TPSA) is 72.2 Å². The number of anilines is 1. The van der Waals surface area contributed by atoms with Crippen molar-refractivity contribution in [3.05, 3.63) is 70.0 Å². The maximum absolute atomic E-state index is 13.2. The van der Waals surface area contributed by atoms with Gasteiger partial charge in [-0.15, -0.1) is 0 Å². The van der Waals surface area contributed by atoms with Gasteiger partial charge in [0.05, 0.1) is 16.7 Å². The molecule has 0 bridgehead atoms. The lowest BCUT2D eigenvalue weighted by Gasteiger charge is -2.05. The number of nitrogens with one attached hydrogen (secondary N) is 1. The van der Waals surface area contributed by atoms with Gasteiger partial charge in [-0.05, 0) is 18.2 Å². The first-order valence-electron chi connectivity index (χ1n) is 5.37. The molecule has 0 fully saturated rings. The van der Waals surface area contributed by atoms with Crippen LogP contribution in [-0.2, 0) is 0 Å². The van der Waals surface area contributed by atoms with Gasteiger partial charge >= 0.3 is 0 Å². The SMILES string of the molecule is O=C(Nc1cc(F)cc([N+](=O)[O-])c1)c1ccccc1. The van der Waals surface area contributed by atoms with Crippen LogP contribution in [0.25, 0.3) is 0 Å². The summed E-state index contributed by atoms with van der Waals surface area (Å²) >= 11 is 0. The second-order valence-electron chi connectivity index (χ2n) is 3.78. The van der Waals surface area contributed by atoms with E-state index in [2.05, 4.69) is 5.32 Å². The molecule has 6 heteroatoms.